The minimum Gasteiger partial charge on any atom is -0.494 e. The third kappa shape index (κ3) is 3.39. The first kappa shape index (κ1) is 16.3. The van der Waals surface area contributed by atoms with E-state index in [-0.39, 0.29) is 5.91 Å². The fourth-order valence-corrected chi connectivity index (χ4v) is 2.23. The van der Waals surface area contributed by atoms with Crippen LogP contribution in [0.15, 0.2) is 18.2 Å². The molecular formula is C15H19ClN4O2. The zero-order valence-corrected chi connectivity index (χ0v) is 13.6. The largest absolute Gasteiger partial charge is 0.494 e. The molecule has 0 aliphatic heterocycles. The molecule has 1 heterocycles. The first-order valence-electron chi connectivity index (χ1n) is 7.12. The number of hydrogen-bond acceptors (Lipinski definition) is 4. The van der Waals surface area contributed by atoms with Gasteiger partial charge in [-0.15, -0.1) is 5.10 Å². The molecular weight excluding hydrogens is 304 g/mol. The summed E-state index contributed by atoms with van der Waals surface area (Å²) in [6.45, 7) is 4.48. The van der Waals surface area contributed by atoms with E-state index in [4.69, 9.17) is 16.3 Å². The standard InChI is InChI=1S/C15H19ClN4O2/c1-4-5-8-17-15(21)14-10(2)20(19-18-14)12-9-11(16)6-7-13(12)22-3/h6-7,9H,4-5,8H2,1-3H3,(H,17,21). The predicted octanol–water partition coefficient (Wildman–Crippen LogP) is 2.77. The molecule has 2 rings (SSSR count). The Morgan fingerprint density at radius 3 is 2.91 bits per heavy atom. The van der Waals surface area contributed by atoms with E-state index in [0.29, 0.717) is 34.4 Å². The number of carbonyl (C=O) groups is 1. The third-order valence-corrected chi connectivity index (χ3v) is 3.53. The highest BCUT2D eigenvalue weighted by Gasteiger charge is 2.19. The normalized spacial score (nSPS) is 10.5. The highest BCUT2D eigenvalue weighted by molar-refractivity contribution is 6.30. The van der Waals surface area contributed by atoms with Crippen molar-refractivity contribution in [3.63, 3.8) is 0 Å². The molecule has 0 radical (unpaired) electrons. The molecule has 0 spiro atoms. The number of ether oxygens (including phenoxy) is 1. The van der Waals surface area contributed by atoms with Crippen LogP contribution in [0.25, 0.3) is 5.69 Å². The van der Waals surface area contributed by atoms with Gasteiger partial charge in [0.05, 0.1) is 12.8 Å². The maximum Gasteiger partial charge on any atom is 0.273 e. The van der Waals surface area contributed by atoms with Gasteiger partial charge in [-0.2, -0.15) is 0 Å². The Morgan fingerprint density at radius 1 is 1.45 bits per heavy atom. The van der Waals surface area contributed by atoms with Gasteiger partial charge in [0.25, 0.3) is 5.91 Å². The molecule has 6 nitrogen and oxygen atoms in total. The molecule has 1 amide bonds. The summed E-state index contributed by atoms with van der Waals surface area (Å²) in [6.07, 6.45) is 1.95. The van der Waals surface area contributed by atoms with E-state index in [0.717, 1.165) is 12.8 Å². The Hall–Kier alpha value is -2.08. The number of halogens is 1. The summed E-state index contributed by atoms with van der Waals surface area (Å²) in [5, 5.41) is 11.4. The zero-order valence-electron chi connectivity index (χ0n) is 12.9. The number of benzene rings is 1. The van der Waals surface area contributed by atoms with Crippen LogP contribution in [0.1, 0.15) is 35.9 Å². The minimum atomic E-state index is -0.224. The summed E-state index contributed by atoms with van der Waals surface area (Å²) < 4.78 is 6.87. The molecule has 7 heteroatoms. The number of nitrogens with one attached hydrogen (secondary N) is 1. The van der Waals surface area contributed by atoms with Gasteiger partial charge in [-0.05, 0) is 31.5 Å². The fraction of sp³-hybridized carbons (Fsp3) is 0.400. The zero-order chi connectivity index (χ0) is 16.1. The van der Waals surface area contributed by atoms with E-state index >= 15 is 0 Å². The second-order valence-corrected chi connectivity index (χ2v) is 5.30. The van der Waals surface area contributed by atoms with Gasteiger partial charge in [-0.3, -0.25) is 4.79 Å². The molecule has 0 atom stereocenters. The number of hydrogen-bond donors (Lipinski definition) is 1. The van der Waals surface area contributed by atoms with Crippen molar-refractivity contribution < 1.29 is 9.53 Å². The lowest BCUT2D eigenvalue weighted by atomic mass is 10.2. The molecule has 0 saturated heterocycles. The SMILES string of the molecule is CCCCNC(=O)c1nnn(-c2cc(Cl)ccc2OC)c1C. The number of unbranched alkanes of at least 4 members (excludes halogenated alkanes) is 1. The van der Waals surface area contributed by atoms with Gasteiger partial charge in [0.1, 0.15) is 11.4 Å². The van der Waals surface area contributed by atoms with Crippen LogP contribution >= 0.6 is 11.6 Å². The second-order valence-electron chi connectivity index (χ2n) is 4.86. The number of aromatic nitrogens is 3. The molecule has 2 aromatic rings. The van der Waals surface area contributed by atoms with Crippen LogP contribution in [0, 0.1) is 6.92 Å². The minimum absolute atomic E-state index is 0.224. The predicted molar refractivity (Wildman–Crippen MR) is 84.9 cm³/mol. The van der Waals surface area contributed by atoms with Gasteiger partial charge in [0.2, 0.25) is 0 Å². The summed E-state index contributed by atoms with van der Waals surface area (Å²) in [6, 6.07) is 5.20. The highest BCUT2D eigenvalue weighted by Crippen LogP contribution is 2.27. The van der Waals surface area contributed by atoms with Gasteiger partial charge in [0.15, 0.2) is 5.69 Å². The summed E-state index contributed by atoms with van der Waals surface area (Å²) in [4.78, 5) is 12.1. The molecule has 0 saturated carbocycles. The lowest BCUT2D eigenvalue weighted by Crippen LogP contribution is -2.25. The van der Waals surface area contributed by atoms with Gasteiger partial charge in [-0.1, -0.05) is 30.2 Å². The molecule has 0 aliphatic rings. The molecule has 0 aliphatic carbocycles. The van der Waals surface area contributed by atoms with Gasteiger partial charge >= 0.3 is 0 Å². The van der Waals surface area contributed by atoms with Crippen molar-refractivity contribution in [1.29, 1.82) is 0 Å². The van der Waals surface area contributed by atoms with Gasteiger partial charge in [-0.25, -0.2) is 4.68 Å². The molecule has 118 valence electrons. The molecule has 0 unspecified atom stereocenters. The second kappa shape index (κ2) is 7.26. The van der Waals surface area contributed by atoms with Crippen LogP contribution in [-0.4, -0.2) is 34.6 Å². The van der Waals surface area contributed by atoms with Crippen molar-refractivity contribution in [1.82, 2.24) is 20.3 Å². The van der Waals surface area contributed by atoms with Crippen molar-refractivity contribution in [3.8, 4) is 11.4 Å². The Kier molecular flexibility index (Phi) is 5.38. The third-order valence-electron chi connectivity index (χ3n) is 3.29. The smallest absolute Gasteiger partial charge is 0.273 e. The van der Waals surface area contributed by atoms with E-state index in [1.165, 1.54) is 0 Å². The average Bonchev–Trinajstić information content (AvgIpc) is 2.89. The molecule has 22 heavy (non-hydrogen) atoms. The van der Waals surface area contributed by atoms with Crippen LogP contribution in [-0.2, 0) is 0 Å². The molecule has 0 bridgehead atoms. The average molecular weight is 323 g/mol. The van der Waals surface area contributed by atoms with E-state index in [1.54, 1.807) is 36.9 Å². The van der Waals surface area contributed by atoms with Crippen molar-refractivity contribution in [2.24, 2.45) is 0 Å². The number of amides is 1. The van der Waals surface area contributed by atoms with E-state index in [2.05, 4.69) is 22.6 Å². The Balaban J connectivity index is 2.31. The van der Waals surface area contributed by atoms with Gasteiger partial charge < -0.3 is 10.1 Å². The number of nitrogens with zero attached hydrogens (tertiary/aromatic N) is 3. The van der Waals surface area contributed by atoms with E-state index in [9.17, 15) is 4.79 Å². The van der Waals surface area contributed by atoms with Crippen LogP contribution in [0.3, 0.4) is 0 Å². The quantitative estimate of drug-likeness (QED) is 0.830. The van der Waals surface area contributed by atoms with Crippen molar-refractivity contribution in [2.75, 3.05) is 13.7 Å². The van der Waals surface area contributed by atoms with Crippen molar-refractivity contribution in [3.05, 3.63) is 34.6 Å². The fourth-order valence-electron chi connectivity index (χ4n) is 2.06. The maximum absolute atomic E-state index is 12.1. The first-order chi connectivity index (χ1) is 10.6. The van der Waals surface area contributed by atoms with Crippen LogP contribution in [0.4, 0.5) is 0 Å². The van der Waals surface area contributed by atoms with Crippen LogP contribution in [0.2, 0.25) is 5.02 Å². The molecule has 0 fully saturated rings. The lowest BCUT2D eigenvalue weighted by Gasteiger charge is -2.10. The topological polar surface area (TPSA) is 69.0 Å². The van der Waals surface area contributed by atoms with Crippen LogP contribution in [0.5, 0.6) is 5.75 Å². The highest BCUT2D eigenvalue weighted by atomic mass is 35.5. The molecule has 1 aromatic heterocycles. The summed E-state index contributed by atoms with van der Waals surface area (Å²) in [7, 11) is 1.57. The Morgan fingerprint density at radius 2 is 2.23 bits per heavy atom. The lowest BCUT2D eigenvalue weighted by molar-refractivity contribution is 0.0947. The summed E-state index contributed by atoms with van der Waals surface area (Å²) >= 11 is 6.03. The van der Waals surface area contributed by atoms with Crippen LogP contribution < -0.4 is 10.1 Å². The van der Waals surface area contributed by atoms with E-state index in [1.807, 2.05) is 0 Å². The number of methoxy groups -OCH3 is 1. The van der Waals surface area contributed by atoms with Crippen molar-refractivity contribution >= 4 is 17.5 Å². The molecule has 1 aromatic carbocycles. The monoisotopic (exact) mass is 322 g/mol. The Bertz CT molecular complexity index is 670. The van der Waals surface area contributed by atoms with Gasteiger partial charge in [0, 0.05) is 11.6 Å². The van der Waals surface area contributed by atoms with E-state index < -0.39 is 0 Å². The number of rotatable bonds is 6. The Labute approximate surface area is 134 Å². The maximum atomic E-state index is 12.1. The number of carbonyl (C=O) groups excluding carboxylic acids is 1. The first-order valence-corrected chi connectivity index (χ1v) is 7.50. The summed E-state index contributed by atoms with van der Waals surface area (Å²) in [5.41, 5.74) is 1.58. The molecule has 1 N–H and O–H groups in total. The summed E-state index contributed by atoms with van der Waals surface area (Å²) in [5.74, 6) is 0.383. The van der Waals surface area contributed by atoms with Crippen molar-refractivity contribution in [2.45, 2.75) is 26.7 Å².